The number of aryl methyl sites for hydroxylation is 1. The smallest absolute Gasteiger partial charge is 0.343 e. The summed E-state index contributed by atoms with van der Waals surface area (Å²) in [7, 11) is -2.23. The van der Waals surface area contributed by atoms with Crippen LogP contribution in [0.3, 0.4) is 0 Å². The minimum Gasteiger partial charge on any atom is -0.497 e. The molecule has 0 aromatic heterocycles. The maximum atomic E-state index is 12.6. The molecular weight excluding hydrogens is 598 g/mol. The summed E-state index contributed by atoms with van der Waals surface area (Å²) in [5.41, 5.74) is 4.70. The standard InChI is InChI=1S/C29H24BrN3O6S/c1-19-3-14-26(15-4-19)40(36,37)33-24-10-5-20(6-11-24)28(34)32-31-18-22-17-23(30)9-16-27(22)39-29(35)21-7-12-25(38-2)13-8-21/h3-18,33H,1-2H3,(H,32,34). The number of anilines is 1. The summed E-state index contributed by atoms with van der Waals surface area (Å²) in [4.78, 5) is 25.3. The maximum Gasteiger partial charge on any atom is 0.343 e. The van der Waals surface area contributed by atoms with Crippen molar-refractivity contribution in [1.82, 2.24) is 5.43 Å². The Bertz CT molecular complexity index is 1650. The fourth-order valence-corrected chi connectivity index (χ4v) is 4.88. The van der Waals surface area contributed by atoms with Crippen LogP contribution < -0.4 is 19.6 Å². The van der Waals surface area contributed by atoms with Gasteiger partial charge in [0.1, 0.15) is 11.5 Å². The van der Waals surface area contributed by atoms with Crippen LogP contribution in [0.15, 0.2) is 105 Å². The Labute approximate surface area is 240 Å². The predicted molar refractivity (Wildman–Crippen MR) is 156 cm³/mol. The molecule has 0 bridgehead atoms. The first-order valence-electron chi connectivity index (χ1n) is 11.8. The highest BCUT2D eigenvalue weighted by atomic mass is 79.9. The fourth-order valence-electron chi connectivity index (χ4n) is 3.45. The zero-order valence-electron chi connectivity index (χ0n) is 21.4. The van der Waals surface area contributed by atoms with Gasteiger partial charge in [-0.3, -0.25) is 9.52 Å². The minimum absolute atomic E-state index is 0.135. The van der Waals surface area contributed by atoms with E-state index < -0.39 is 21.9 Å². The molecule has 2 N–H and O–H groups in total. The second kappa shape index (κ2) is 12.6. The van der Waals surface area contributed by atoms with E-state index in [4.69, 9.17) is 9.47 Å². The van der Waals surface area contributed by atoms with Crippen molar-refractivity contribution in [3.8, 4) is 11.5 Å². The number of methoxy groups -OCH3 is 1. The van der Waals surface area contributed by atoms with E-state index in [0.29, 0.717) is 27.0 Å². The molecule has 0 spiro atoms. The number of nitrogens with one attached hydrogen (secondary N) is 2. The van der Waals surface area contributed by atoms with Crippen LogP contribution in [0.1, 0.15) is 31.8 Å². The van der Waals surface area contributed by atoms with Crippen molar-refractivity contribution in [2.45, 2.75) is 11.8 Å². The van der Waals surface area contributed by atoms with Gasteiger partial charge in [-0.25, -0.2) is 18.6 Å². The number of halogens is 1. The quantitative estimate of drug-likeness (QED) is 0.109. The third-order valence-corrected chi connectivity index (χ3v) is 7.49. The lowest BCUT2D eigenvalue weighted by Crippen LogP contribution is -2.18. The molecule has 0 fully saturated rings. The molecular formula is C29H24BrN3O6S. The molecule has 4 aromatic carbocycles. The van der Waals surface area contributed by atoms with Crippen molar-refractivity contribution in [2.24, 2.45) is 5.10 Å². The highest BCUT2D eigenvalue weighted by Gasteiger charge is 2.15. The van der Waals surface area contributed by atoms with Crippen LogP contribution in [0.5, 0.6) is 11.5 Å². The van der Waals surface area contributed by atoms with Gasteiger partial charge in [0.2, 0.25) is 0 Å². The number of sulfonamides is 1. The molecule has 4 rings (SSSR count). The summed E-state index contributed by atoms with van der Waals surface area (Å²) in [5, 5.41) is 3.99. The second-order valence-electron chi connectivity index (χ2n) is 8.50. The Morgan fingerprint density at radius 3 is 2.17 bits per heavy atom. The number of hydrogen-bond donors (Lipinski definition) is 2. The summed E-state index contributed by atoms with van der Waals surface area (Å²) in [6.07, 6.45) is 1.35. The topological polar surface area (TPSA) is 123 Å². The van der Waals surface area contributed by atoms with E-state index in [1.54, 1.807) is 54.6 Å². The Morgan fingerprint density at radius 2 is 1.52 bits per heavy atom. The first kappa shape index (κ1) is 28.5. The molecule has 0 radical (unpaired) electrons. The number of amides is 1. The number of carbonyl (C=O) groups is 2. The van der Waals surface area contributed by atoms with Crippen molar-refractivity contribution in [3.63, 3.8) is 0 Å². The van der Waals surface area contributed by atoms with E-state index in [-0.39, 0.29) is 16.2 Å². The first-order valence-corrected chi connectivity index (χ1v) is 14.1. The summed E-state index contributed by atoms with van der Waals surface area (Å²) in [6, 6.07) is 23.9. The van der Waals surface area contributed by atoms with Crippen LogP contribution >= 0.6 is 15.9 Å². The number of carbonyl (C=O) groups excluding carboxylic acids is 2. The largest absolute Gasteiger partial charge is 0.497 e. The third kappa shape index (κ3) is 7.33. The molecule has 0 saturated carbocycles. The van der Waals surface area contributed by atoms with E-state index in [9.17, 15) is 18.0 Å². The number of hydrazone groups is 1. The SMILES string of the molecule is COc1ccc(C(=O)Oc2ccc(Br)cc2C=NNC(=O)c2ccc(NS(=O)(=O)c3ccc(C)cc3)cc2)cc1. The Hall–Kier alpha value is -4.48. The Morgan fingerprint density at radius 1 is 0.875 bits per heavy atom. The van der Waals surface area contributed by atoms with Gasteiger partial charge in [0, 0.05) is 21.3 Å². The number of nitrogens with zero attached hydrogens (tertiary/aromatic N) is 1. The predicted octanol–water partition coefficient (Wildman–Crippen LogP) is 5.55. The van der Waals surface area contributed by atoms with Gasteiger partial charge in [-0.05, 0) is 85.8 Å². The monoisotopic (exact) mass is 621 g/mol. The Kier molecular flexibility index (Phi) is 8.97. The lowest BCUT2D eigenvalue weighted by molar-refractivity contribution is 0.0734. The van der Waals surface area contributed by atoms with Gasteiger partial charge in [0.05, 0.1) is 23.8 Å². The van der Waals surface area contributed by atoms with Crippen LogP contribution in [0, 0.1) is 6.92 Å². The van der Waals surface area contributed by atoms with Crippen LogP contribution in [-0.2, 0) is 10.0 Å². The molecule has 204 valence electrons. The van der Waals surface area contributed by atoms with E-state index in [1.165, 1.54) is 49.7 Å². The first-order chi connectivity index (χ1) is 19.1. The molecule has 0 aliphatic heterocycles. The normalized spacial score (nSPS) is 11.2. The van der Waals surface area contributed by atoms with Crippen molar-refractivity contribution in [3.05, 3.63) is 118 Å². The van der Waals surface area contributed by atoms with Crippen LogP contribution in [0.25, 0.3) is 0 Å². The zero-order chi connectivity index (χ0) is 28.7. The molecule has 40 heavy (non-hydrogen) atoms. The van der Waals surface area contributed by atoms with Crippen LogP contribution in [-0.4, -0.2) is 33.6 Å². The van der Waals surface area contributed by atoms with Crippen molar-refractivity contribution < 1.29 is 27.5 Å². The highest BCUT2D eigenvalue weighted by Crippen LogP contribution is 2.23. The van der Waals surface area contributed by atoms with Crippen molar-refractivity contribution >= 4 is 49.7 Å². The van der Waals surface area contributed by atoms with Gasteiger partial charge in [-0.2, -0.15) is 5.10 Å². The van der Waals surface area contributed by atoms with E-state index in [2.05, 4.69) is 31.2 Å². The zero-order valence-corrected chi connectivity index (χ0v) is 23.8. The van der Waals surface area contributed by atoms with Gasteiger partial charge in [0.25, 0.3) is 15.9 Å². The third-order valence-electron chi connectivity index (χ3n) is 5.60. The molecule has 1 amide bonds. The lowest BCUT2D eigenvalue weighted by Gasteiger charge is -2.09. The summed E-state index contributed by atoms with van der Waals surface area (Å²) >= 11 is 3.37. The maximum absolute atomic E-state index is 12.6. The molecule has 11 heteroatoms. The van der Waals surface area contributed by atoms with Crippen molar-refractivity contribution in [2.75, 3.05) is 11.8 Å². The van der Waals surface area contributed by atoms with Gasteiger partial charge in [0.15, 0.2) is 0 Å². The average molecular weight is 622 g/mol. The molecule has 0 aliphatic carbocycles. The number of rotatable bonds is 9. The van der Waals surface area contributed by atoms with Crippen LogP contribution in [0.2, 0.25) is 0 Å². The number of benzene rings is 4. The second-order valence-corrected chi connectivity index (χ2v) is 11.1. The molecule has 0 saturated heterocycles. The van der Waals surface area contributed by atoms with E-state index >= 15 is 0 Å². The van der Waals surface area contributed by atoms with Gasteiger partial charge in [-0.15, -0.1) is 0 Å². The number of esters is 1. The number of hydrogen-bond acceptors (Lipinski definition) is 7. The minimum atomic E-state index is -3.76. The summed E-state index contributed by atoms with van der Waals surface area (Å²) < 4.78 is 39.0. The number of ether oxygens (including phenoxy) is 2. The molecule has 9 nitrogen and oxygen atoms in total. The van der Waals surface area contributed by atoms with E-state index in [1.807, 2.05) is 6.92 Å². The van der Waals surface area contributed by atoms with Gasteiger partial charge >= 0.3 is 5.97 Å². The van der Waals surface area contributed by atoms with E-state index in [0.717, 1.165) is 5.56 Å². The molecule has 0 heterocycles. The lowest BCUT2D eigenvalue weighted by atomic mass is 10.2. The average Bonchev–Trinajstić information content (AvgIpc) is 2.94. The summed E-state index contributed by atoms with van der Waals surface area (Å²) in [5.74, 6) is -0.230. The van der Waals surface area contributed by atoms with Crippen LogP contribution in [0.4, 0.5) is 5.69 Å². The Balaban J connectivity index is 1.40. The molecule has 0 atom stereocenters. The van der Waals surface area contributed by atoms with Crippen molar-refractivity contribution in [1.29, 1.82) is 0 Å². The highest BCUT2D eigenvalue weighted by molar-refractivity contribution is 9.10. The fraction of sp³-hybridized carbons (Fsp3) is 0.0690. The molecule has 0 aliphatic rings. The van der Waals surface area contributed by atoms with Gasteiger partial charge < -0.3 is 9.47 Å². The molecule has 4 aromatic rings. The molecule has 0 unspecified atom stereocenters. The summed E-state index contributed by atoms with van der Waals surface area (Å²) in [6.45, 7) is 1.87. The van der Waals surface area contributed by atoms with Gasteiger partial charge in [-0.1, -0.05) is 33.6 Å².